The molecule has 0 spiro atoms. The van der Waals surface area contributed by atoms with E-state index < -0.39 is 163 Å². The van der Waals surface area contributed by atoms with Gasteiger partial charge in [-0.15, -0.1) is 0 Å². The minimum absolute atomic E-state index is 0.117. The van der Waals surface area contributed by atoms with Crippen molar-refractivity contribution in [2.24, 2.45) is 0 Å². The van der Waals surface area contributed by atoms with Gasteiger partial charge in [-0.05, 0) is 0 Å². The standard InChI is InChI=1S/C18H30Ge6O19/c25-13(26)1-7-19-37-20(8-2-14(27)28)40-24(12-6-18(35)36)42-22(10-4-16(31)32)38-21(9-3-15(29)30)41-23(39-19,43-24)11-5-17(33)34/h1-12H2,(H,25,26)(H,27,28)(H,29,30)(H,31,32)(H,33,34)(H,35,36). The number of carboxylic acids is 6. The van der Waals surface area contributed by atoms with Gasteiger partial charge in [0, 0.05) is 0 Å². The van der Waals surface area contributed by atoms with Gasteiger partial charge in [-0.1, -0.05) is 0 Å². The van der Waals surface area contributed by atoms with Crippen LogP contribution in [0.3, 0.4) is 0 Å². The normalized spacial score (nSPS) is 24.3. The summed E-state index contributed by atoms with van der Waals surface area (Å²) in [7, 11) is 0. The molecule has 0 saturated carbocycles. The fourth-order valence-corrected chi connectivity index (χ4v) is 87.5. The summed E-state index contributed by atoms with van der Waals surface area (Å²) in [6.45, 7) is 0. The predicted molar refractivity (Wildman–Crippen MR) is 144 cm³/mol. The Hall–Kier alpha value is -0.203. The molecule has 4 radical (unpaired) electrons. The fourth-order valence-electron chi connectivity index (χ4n) is 3.46. The van der Waals surface area contributed by atoms with E-state index in [2.05, 4.69) is 0 Å². The van der Waals surface area contributed by atoms with Crippen molar-refractivity contribution >= 4 is 124 Å². The second kappa shape index (κ2) is 18.8. The molecule has 0 aromatic heterocycles. The average Bonchev–Trinajstić information content (AvgIpc) is 2.87. The van der Waals surface area contributed by atoms with Crippen molar-refractivity contribution in [3.8, 4) is 0 Å². The average molecular weight is 986 g/mol. The summed E-state index contributed by atoms with van der Waals surface area (Å²) in [4.78, 5) is 68.8. The van der Waals surface area contributed by atoms with E-state index in [1.807, 2.05) is 0 Å². The molecule has 2 fully saturated rings. The van der Waals surface area contributed by atoms with Crippen molar-refractivity contribution in [1.29, 1.82) is 0 Å². The molecule has 0 unspecified atom stereocenters. The van der Waals surface area contributed by atoms with E-state index in [0.717, 1.165) is 0 Å². The molecule has 2 rings (SSSR count). The van der Waals surface area contributed by atoms with Gasteiger partial charge in [0.1, 0.15) is 0 Å². The molecule has 240 valence electrons. The summed E-state index contributed by atoms with van der Waals surface area (Å²) in [6.07, 6.45) is -2.69. The van der Waals surface area contributed by atoms with Crippen molar-refractivity contribution in [2.75, 3.05) is 0 Å². The summed E-state index contributed by atoms with van der Waals surface area (Å²) in [5.74, 6) is -7.26. The third kappa shape index (κ3) is 15.3. The van der Waals surface area contributed by atoms with Crippen LogP contribution in [0.2, 0.25) is 31.5 Å². The van der Waals surface area contributed by atoms with Gasteiger partial charge in [-0.3, -0.25) is 0 Å². The maximum atomic E-state index is 11.7. The van der Waals surface area contributed by atoms with Crippen LogP contribution in [0.1, 0.15) is 38.5 Å². The first-order valence-electron chi connectivity index (χ1n) is 12.7. The summed E-state index contributed by atoms with van der Waals surface area (Å²) < 4.78 is 44.3. The Bertz CT molecular complexity index is 900. The van der Waals surface area contributed by atoms with E-state index in [0.29, 0.717) is 0 Å². The third-order valence-electron chi connectivity index (χ3n) is 5.31. The molecule has 0 aliphatic carbocycles. The van der Waals surface area contributed by atoms with Gasteiger partial charge in [0.15, 0.2) is 0 Å². The molecule has 2 aliphatic rings. The van der Waals surface area contributed by atoms with E-state index >= 15 is 0 Å². The molecule has 19 nitrogen and oxygen atoms in total. The first-order valence-corrected chi connectivity index (χ1v) is 33.6. The van der Waals surface area contributed by atoms with Gasteiger partial charge in [-0.25, -0.2) is 0 Å². The fraction of sp³-hybridized carbons (Fsp3) is 0.667. The first kappa shape index (κ1) is 39.0. The number of carbonyl (C=O) groups is 6. The van der Waals surface area contributed by atoms with Crippen LogP contribution in [0.5, 0.6) is 0 Å². The van der Waals surface area contributed by atoms with Crippen LogP contribution in [0, 0.1) is 0 Å². The summed E-state index contributed by atoms with van der Waals surface area (Å²) >= 11 is -24.0. The SMILES string of the molecule is O=C(O)C[CH2][Ge]1[O][Ge]([CH2]CC(=O)O)[O][Ge]2([CH2]CC(=O)O)[O][Ge]([CH2]CC(=O)O)[O][Ge]([CH2]CC(=O)O)[O][Ge]([CH2]CC(=O)O)([O]1)[O]2. The molecule has 25 heteroatoms. The van der Waals surface area contributed by atoms with Gasteiger partial charge < -0.3 is 0 Å². The Kier molecular flexibility index (Phi) is 17.1. The summed E-state index contributed by atoms with van der Waals surface area (Å²) in [5, 5.41) is 54.9. The molecule has 2 aliphatic heterocycles. The Morgan fingerprint density at radius 1 is 0.419 bits per heavy atom. The van der Waals surface area contributed by atoms with Crippen LogP contribution >= 0.6 is 0 Å². The minimum atomic E-state index is -5.03. The van der Waals surface area contributed by atoms with Crippen molar-refractivity contribution in [3.63, 3.8) is 0 Å². The molecule has 0 amide bonds. The summed E-state index contributed by atoms with van der Waals surface area (Å²) in [6, 6.07) is 0. The van der Waals surface area contributed by atoms with Gasteiger partial charge >= 0.3 is 273 Å². The van der Waals surface area contributed by atoms with Crippen molar-refractivity contribution in [2.45, 2.75) is 70.0 Å². The van der Waals surface area contributed by atoms with Gasteiger partial charge in [0.05, 0.1) is 0 Å². The molecule has 43 heavy (non-hydrogen) atoms. The zero-order valence-electron chi connectivity index (χ0n) is 22.5. The van der Waals surface area contributed by atoms with Gasteiger partial charge in [-0.2, -0.15) is 0 Å². The van der Waals surface area contributed by atoms with Crippen molar-refractivity contribution in [1.82, 2.24) is 0 Å². The van der Waals surface area contributed by atoms with E-state index in [4.69, 9.17) is 19.5 Å². The molecular formula is C18H30Ge6O19. The van der Waals surface area contributed by atoms with Crippen LogP contribution in [0.15, 0.2) is 0 Å². The molecule has 2 saturated heterocycles. The van der Waals surface area contributed by atoms with Crippen LogP contribution in [0.25, 0.3) is 0 Å². The Morgan fingerprint density at radius 3 is 0.860 bits per heavy atom. The van der Waals surface area contributed by atoms with Gasteiger partial charge in [0.2, 0.25) is 0 Å². The van der Waals surface area contributed by atoms with Crippen LogP contribution in [-0.2, 0) is 48.3 Å². The second-order valence-electron chi connectivity index (χ2n) is 8.93. The molecular weight excluding hydrogens is 956 g/mol. The Balaban J connectivity index is 2.67. The van der Waals surface area contributed by atoms with Crippen molar-refractivity contribution in [3.05, 3.63) is 0 Å². The van der Waals surface area contributed by atoms with Crippen molar-refractivity contribution < 1.29 is 78.9 Å². The Morgan fingerprint density at radius 2 is 0.651 bits per heavy atom. The van der Waals surface area contributed by atoms with E-state index in [-0.39, 0.29) is 31.5 Å². The zero-order chi connectivity index (χ0) is 32.2. The number of hydrogen-bond donors (Lipinski definition) is 6. The third-order valence-corrected chi connectivity index (χ3v) is 62.4. The second-order valence-corrected chi connectivity index (χ2v) is 45.8. The molecule has 0 aromatic carbocycles. The quantitative estimate of drug-likeness (QED) is 0.0971. The number of aliphatic carboxylic acids is 6. The predicted octanol–water partition coefficient (Wildman–Crippen LogP) is -0.191. The molecule has 0 aromatic rings. The number of fused-ring (bicyclic) bond motifs is 2. The van der Waals surface area contributed by atoms with Crippen LogP contribution < -0.4 is 0 Å². The van der Waals surface area contributed by atoms with Gasteiger partial charge in [0.25, 0.3) is 0 Å². The molecule has 2 bridgehead atoms. The number of carboxylic acid groups (broad SMARTS) is 6. The number of rotatable bonds is 18. The van der Waals surface area contributed by atoms with E-state index in [1.54, 1.807) is 0 Å². The van der Waals surface area contributed by atoms with Crippen LogP contribution in [0.4, 0.5) is 0 Å². The maximum absolute atomic E-state index is 11.7. The molecule has 2 heterocycles. The topological polar surface area (TPSA) is 288 Å². The first-order chi connectivity index (χ1) is 20.1. The van der Waals surface area contributed by atoms with E-state index in [9.17, 15) is 59.4 Å². The molecule has 6 N–H and O–H groups in total. The van der Waals surface area contributed by atoms with E-state index in [1.165, 1.54) is 0 Å². The Labute approximate surface area is 271 Å². The number of hydrogen-bond acceptors (Lipinski definition) is 13. The zero-order valence-corrected chi connectivity index (χ0v) is 35.1. The monoisotopic (exact) mass is 994 g/mol. The van der Waals surface area contributed by atoms with Crippen LogP contribution in [-0.4, -0.2) is 155 Å². The molecule has 0 atom stereocenters. The summed E-state index contributed by atoms with van der Waals surface area (Å²) in [5.41, 5.74) is 0.